The van der Waals surface area contributed by atoms with E-state index in [1.54, 1.807) is 25.5 Å². The summed E-state index contributed by atoms with van der Waals surface area (Å²) in [6, 6.07) is 13.7. The number of hydrogen-bond acceptors (Lipinski definition) is 6. The fraction of sp³-hybridized carbons (Fsp3) is 0.273. The molecule has 1 aliphatic heterocycles. The van der Waals surface area contributed by atoms with Crippen molar-refractivity contribution < 1.29 is 14.2 Å². The quantitative estimate of drug-likeness (QED) is 0.270. The van der Waals surface area contributed by atoms with Gasteiger partial charge in [0.1, 0.15) is 10.8 Å². The van der Waals surface area contributed by atoms with Gasteiger partial charge >= 0.3 is 0 Å². The van der Waals surface area contributed by atoms with Gasteiger partial charge in [-0.1, -0.05) is 0 Å². The second kappa shape index (κ2) is 11.2. The number of anilines is 1. The second-order valence-corrected chi connectivity index (χ2v) is 7.49. The van der Waals surface area contributed by atoms with E-state index >= 15 is 0 Å². The van der Waals surface area contributed by atoms with Gasteiger partial charge in [0.05, 0.1) is 32.6 Å². The number of halogens is 1. The molecule has 2 heterocycles. The molecule has 1 aliphatic rings. The zero-order valence-electron chi connectivity index (χ0n) is 17.4. The molecule has 1 aromatic heterocycles. The van der Waals surface area contributed by atoms with Crippen LogP contribution in [0.15, 0.2) is 52.8 Å². The molecular weight excluding hydrogens is 527 g/mol. The van der Waals surface area contributed by atoms with Crippen molar-refractivity contribution in [2.45, 2.75) is 13.0 Å². The van der Waals surface area contributed by atoms with Crippen molar-refractivity contribution in [3.05, 3.63) is 53.5 Å². The zero-order valence-corrected chi connectivity index (χ0v) is 20.5. The third-order valence-electron chi connectivity index (χ3n) is 4.56. The van der Waals surface area contributed by atoms with E-state index < -0.39 is 0 Å². The molecule has 164 valence electrons. The second-order valence-electron chi connectivity index (χ2n) is 6.64. The van der Waals surface area contributed by atoms with Crippen molar-refractivity contribution in [1.29, 1.82) is 0 Å². The minimum absolute atomic E-state index is 0. The minimum Gasteiger partial charge on any atom is -0.497 e. The van der Waals surface area contributed by atoms with Gasteiger partial charge in [-0.25, -0.2) is 4.98 Å². The summed E-state index contributed by atoms with van der Waals surface area (Å²) in [4.78, 5) is 9.01. The van der Waals surface area contributed by atoms with Gasteiger partial charge in [-0.2, -0.15) is 0 Å². The van der Waals surface area contributed by atoms with Gasteiger partial charge in [0.15, 0.2) is 17.5 Å². The molecule has 0 spiro atoms. The Morgan fingerprint density at radius 3 is 2.65 bits per heavy atom. The number of rotatable bonds is 5. The highest BCUT2D eigenvalue weighted by Gasteiger charge is 2.12. The lowest BCUT2D eigenvalue weighted by Gasteiger charge is -2.13. The summed E-state index contributed by atoms with van der Waals surface area (Å²) < 4.78 is 16.6. The Morgan fingerprint density at radius 1 is 1.13 bits per heavy atom. The largest absolute Gasteiger partial charge is 0.497 e. The maximum Gasteiger partial charge on any atom is 0.195 e. The molecule has 0 aliphatic carbocycles. The normalized spacial score (nSPS) is 13.0. The van der Waals surface area contributed by atoms with E-state index in [2.05, 4.69) is 15.6 Å². The molecule has 2 N–H and O–H groups in total. The Morgan fingerprint density at radius 2 is 1.90 bits per heavy atom. The minimum atomic E-state index is 0. The van der Waals surface area contributed by atoms with Gasteiger partial charge in [0.25, 0.3) is 0 Å². The predicted octanol–water partition coefficient (Wildman–Crippen LogP) is 4.79. The average Bonchev–Trinajstić information content (AvgIpc) is 3.14. The van der Waals surface area contributed by atoms with Gasteiger partial charge in [-0.05, 0) is 36.4 Å². The molecule has 2 aromatic carbocycles. The number of aliphatic imine (C=N–C) groups is 1. The number of hydrogen-bond donors (Lipinski definition) is 2. The zero-order chi connectivity index (χ0) is 20.8. The van der Waals surface area contributed by atoms with Crippen LogP contribution in [0, 0.1) is 0 Å². The van der Waals surface area contributed by atoms with Gasteiger partial charge in [-0.15, -0.1) is 35.3 Å². The van der Waals surface area contributed by atoms with Crippen LogP contribution in [-0.2, 0) is 6.54 Å². The number of guanidine groups is 1. The molecule has 0 radical (unpaired) electrons. The molecular formula is C22H25IN4O3S. The number of nitrogens with zero attached hydrogens (tertiary/aromatic N) is 2. The fourth-order valence-electron chi connectivity index (χ4n) is 2.99. The first-order valence-corrected chi connectivity index (χ1v) is 10.6. The number of fused-ring (bicyclic) bond motifs is 1. The summed E-state index contributed by atoms with van der Waals surface area (Å²) in [6.45, 7) is 1.90. The molecule has 7 nitrogen and oxygen atoms in total. The highest BCUT2D eigenvalue weighted by molar-refractivity contribution is 14.0. The molecule has 0 amide bonds. The van der Waals surface area contributed by atoms with Crippen LogP contribution < -0.4 is 24.8 Å². The topological polar surface area (TPSA) is 77.0 Å². The van der Waals surface area contributed by atoms with Crippen LogP contribution in [0.4, 0.5) is 5.69 Å². The van der Waals surface area contributed by atoms with Crippen molar-refractivity contribution >= 4 is 47.0 Å². The summed E-state index contributed by atoms with van der Waals surface area (Å²) in [7, 11) is 3.40. The number of nitrogens with one attached hydrogen (secondary N) is 2. The summed E-state index contributed by atoms with van der Waals surface area (Å²) in [5.41, 5.74) is 2.90. The maximum atomic E-state index is 5.75. The Bertz CT molecular complexity index is 1020. The van der Waals surface area contributed by atoms with Crippen molar-refractivity contribution in [3.8, 4) is 27.8 Å². The smallest absolute Gasteiger partial charge is 0.195 e. The Balaban J connectivity index is 0.00000272. The van der Waals surface area contributed by atoms with Crippen LogP contribution in [0.25, 0.3) is 10.6 Å². The number of methoxy groups -OCH3 is 1. The molecule has 0 bridgehead atoms. The molecule has 0 unspecified atom stereocenters. The number of ether oxygens (including phenoxy) is 3. The van der Waals surface area contributed by atoms with E-state index in [1.165, 1.54) is 0 Å². The van der Waals surface area contributed by atoms with Crippen molar-refractivity contribution in [1.82, 2.24) is 10.3 Å². The molecule has 9 heteroatoms. The Hall–Kier alpha value is -2.53. The molecule has 3 aromatic rings. The number of aromatic nitrogens is 1. The highest BCUT2D eigenvalue weighted by atomic mass is 127. The van der Waals surface area contributed by atoms with Gasteiger partial charge in [0, 0.05) is 36.2 Å². The van der Waals surface area contributed by atoms with E-state index in [0.29, 0.717) is 25.7 Å². The van der Waals surface area contributed by atoms with Crippen molar-refractivity contribution in [2.24, 2.45) is 4.99 Å². The molecule has 31 heavy (non-hydrogen) atoms. The van der Waals surface area contributed by atoms with E-state index in [9.17, 15) is 0 Å². The van der Waals surface area contributed by atoms with Crippen molar-refractivity contribution in [2.75, 3.05) is 32.7 Å². The third kappa shape index (κ3) is 6.01. The number of thiazole rings is 1. The van der Waals surface area contributed by atoms with E-state index in [1.807, 2.05) is 47.8 Å². The van der Waals surface area contributed by atoms with Gasteiger partial charge < -0.3 is 24.8 Å². The summed E-state index contributed by atoms with van der Waals surface area (Å²) >= 11 is 1.61. The Kier molecular flexibility index (Phi) is 8.35. The maximum absolute atomic E-state index is 5.75. The molecule has 4 rings (SSSR count). The monoisotopic (exact) mass is 552 g/mol. The molecule has 0 atom stereocenters. The van der Waals surface area contributed by atoms with Crippen LogP contribution in [0.5, 0.6) is 17.2 Å². The standard InChI is InChI=1S/C22H24N4O3S.HI/c1-23-22(26-16-6-9-19-20(12-16)29-11-3-10-28-19)24-13-17-14-30-21(25-17)15-4-7-18(27-2)8-5-15;/h4-9,12,14H,3,10-11,13H2,1-2H3,(H2,23,24,26);1H. The number of benzene rings is 2. The molecule has 0 fully saturated rings. The lowest BCUT2D eigenvalue weighted by Crippen LogP contribution is -2.30. The first-order valence-electron chi connectivity index (χ1n) is 9.71. The van der Waals surface area contributed by atoms with Gasteiger partial charge in [0.2, 0.25) is 0 Å². The molecule has 0 saturated carbocycles. The van der Waals surface area contributed by atoms with Crippen molar-refractivity contribution in [3.63, 3.8) is 0 Å². The first-order chi connectivity index (χ1) is 14.7. The summed E-state index contributed by atoms with van der Waals surface area (Å²) in [5.74, 6) is 3.01. The Labute approximate surface area is 202 Å². The molecule has 0 saturated heterocycles. The predicted molar refractivity (Wildman–Crippen MR) is 135 cm³/mol. The average molecular weight is 552 g/mol. The summed E-state index contributed by atoms with van der Waals surface area (Å²) in [5, 5.41) is 9.61. The van der Waals surface area contributed by atoms with Gasteiger partial charge in [-0.3, -0.25) is 4.99 Å². The lowest BCUT2D eigenvalue weighted by atomic mass is 10.2. The SMILES string of the molecule is CN=C(NCc1csc(-c2ccc(OC)cc2)n1)Nc1ccc2c(c1)OCCCO2.I. The lowest BCUT2D eigenvalue weighted by molar-refractivity contribution is 0.297. The summed E-state index contributed by atoms with van der Waals surface area (Å²) in [6.07, 6.45) is 0.882. The van der Waals surface area contributed by atoms with Crippen LogP contribution in [0.3, 0.4) is 0 Å². The van der Waals surface area contributed by atoms with E-state index in [4.69, 9.17) is 19.2 Å². The van der Waals surface area contributed by atoms with Crippen LogP contribution in [0.1, 0.15) is 12.1 Å². The van der Waals surface area contributed by atoms with Crippen LogP contribution in [-0.4, -0.2) is 38.3 Å². The highest BCUT2D eigenvalue weighted by Crippen LogP contribution is 2.32. The van der Waals surface area contributed by atoms with Crippen LogP contribution in [0.2, 0.25) is 0 Å². The first kappa shape index (κ1) is 23.1. The fourth-order valence-corrected chi connectivity index (χ4v) is 3.81. The van der Waals surface area contributed by atoms with E-state index in [0.717, 1.165) is 45.6 Å². The van der Waals surface area contributed by atoms with E-state index in [-0.39, 0.29) is 24.0 Å². The third-order valence-corrected chi connectivity index (χ3v) is 5.50. The van der Waals surface area contributed by atoms with Crippen LogP contribution >= 0.6 is 35.3 Å².